The lowest BCUT2D eigenvalue weighted by Crippen LogP contribution is -2.30. The minimum atomic E-state index is -0.737. The maximum absolute atomic E-state index is 12.2. The molecule has 0 fully saturated rings. The molecule has 0 aliphatic rings. The van der Waals surface area contributed by atoms with Gasteiger partial charge in [0.1, 0.15) is 5.69 Å². The molecule has 0 saturated carbocycles. The molecular formula is C18H26N2O7. The summed E-state index contributed by atoms with van der Waals surface area (Å²) in [4.78, 5) is 49.8. The smallest absolute Gasteiger partial charge is 0.355 e. The molecule has 150 valence electrons. The lowest BCUT2D eigenvalue weighted by Gasteiger charge is -2.06. The average Bonchev–Trinajstić information content (AvgIpc) is 2.99. The zero-order valence-corrected chi connectivity index (χ0v) is 16.1. The highest BCUT2D eigenvalue weighted by Gasteiger charge is 2.24. The van der Waals surface area contributed by atoms with Gasteiger partial charge in [0, 0.05) is 18.7 Å². The van der Waals surface area contributed by atoms with Crippen LogP contribution in [0.3, 0.4) is 0 Å². The van der Waals surface area contributed by atoms with Gasteiger partial charge >= 0.3 is 17.9 Å². The SMILES string of the molecule is CCOC(=O)CCCNC(=O)COC(=O)c1[nH]c(CC)c(C(=O)OC)c1C. The van der Waals surface area contributed by atoms with Crippen LogP contribution in [0.2, 0.25) is 0 Å². The Labute approximate surface area is 157 Å². The molecule has 0 atom stereocenters. The van der Waals surface area contributed by atoms with E-state index in [9.17, 15) is 19.2 Å². The van der Waals surface area contributed by atoms with Crippen LogP contribution in [-0.2, 0) is 30.2 Å². The van der Waals surface area contributed by atoms with Gasteiger partial charge in [-0.1, -0.05) is 6.92 Å². The van der Waals surface area contributed by atoms with Gasteiger partial charge < -0.3 is 24.5 Å². The highest BCUT2D eigenvalue weighted by molar-refractivity contribution is 5.99. The van der Waals surface area contributed by atoms with Gasteiger partial charge in [0.15, 0.2) is 6.61 Å². The van der Waals surface area contributed by atoms with Crippen molar-refractivity contribution in [1.82, 2.24) is 10.3 Å². The number of aromatic amines is 1. The number of methoxy groups -OCH3 is 1. The molecular weight excluding hydrogens is 356 g/mol. The number of hydrogen-bond donors (Lipinski definition) is 2. The number of H-pyrrole nitrogens is 1. The molecule has 1 heterocycles. The van der Waals surface area contributed by atoms with Crippen molar-refractivity contribution < 1.29 is 33.4 Å². The van der Waals surface area contributed by atoms with E-state index in [1.54, 1.807) is 13.8 Å². The number of carbonyl (C=O) groups excluding carboxylic acids is 4. The molecule has 0 bridgehead atoms. The van der Waals surface area contributed by atoms with E-state index in [-0.39, 0.29) is 24.6 Å². The minimum absolute atomic E-state index is 0.113. The lowest BCUT2D eigenvalue weighted by molar-refractivity contribution is -0.143. The molecule has 0 spiro atoms. The van der Waals surface area contributed by atoms with Gasteiger partial charge in [-0.25, -0.2) is 9.59 Å². The van der Waals surface area contributed by atoms with E-state index in [1.165, 1.54) is 7.11 Å². The van der Waals surface area contributed by atoms with Crippen LogP contribution in [0.15, 0.2) is 0 Å². The summed E-state index contributed by atoms with van der Waals surface area (Å²) in [6.07, 6.45) is 1.13. The van der Waals surface area contributed by atoms with E-state index in [0.717, 1.165) is 0 Å². The number of nitrogens with one attached hydrogen (secondary N) is 2. The Kier molecular flexibility index (Phi) is 9.04. The van der Waals surface area contributed by atoms with Crippen LogP contribution in [0, 0.1) is 6.92 Å². The van der Waals surface area contributed by atoms with Crippen molar-refractivity contribution in [2.45, 2.75) is 40.0 Å². The highest BCUT2D eigenvalue weighted by Crippen LogP contribution is 2.20. The fourth-order valence-electron chi connectivity index (χ4n) is 2.45. The molecule has 0 aromatic carbocycles. The van der Waals surface area contributed by atoms with Gasteiger partial charge in [0.25, 0.3) is 5.91 Å². The number of ether oxygens (including phenoxy) is 3. The van der Waals surface area contributed by atoms with E-state index in [2.05, 4.69) is 10.3 Å². The normalized spacial score (nSPS) is 10.2. The first-order valence-corrected chi connectivity index (χ1v) is 8.74. The molecule has 0 radical (unpaired) electrons. The van der Waals surface area contributed by atoms with Crippen molar-refractivity contribution in [2.75, 3.05) is 26.9 Å². The summed E-state index contributed by atoms with van der Waals surface area (Å²) in [5.41, 5.74) is 1.39. The van der Waals surface area contributed by atoms with Gasteiger partial charge in [-0.05, 0) is 32.3 Å². The first kappa shape index (κ1) is 22.2. The van der Waals surface area contributed by atoms with Crippen LogP contribution >= 0.6 is 0 Å². The maximum atomic E-state index is 12.2. The molecule has 1 aromatic rings. The number of esters is 3. The molecule has 0 aliphatic carbocycles. The number of aromatic nitrogens is 1. The third-order valence-electron chi connectivity index (χ3n) is 3.79. The first-order chi connectivity index (χ1) is 12.8. The van der Waals surface area contributed by atoms with Gasteiger partial charge in [-0.2, -0.15) is 0 Å². The second-order valence-electron chi connectivity index (χ2n) is 5.66. The van der Waals surface area contributed by atoms with Crippen LogP contribution in [0.25, 0.3) is 0 Å². The molecule has 1 amide bonds. The van der Waals surface area contributed by atoms with E-state index < -0.39 is 24.5 Å². The molecule has 0 saturated heterocycles. The standard InChI is InChI=1S/C18H26N2O7/c1-5-12-15(17(23)25-4)11(3)16(20-12)18(24)27-10-13(21)19-9-7-8-14(22)26-6-2/h20H,5-10H2,1-4H3,(H,19,21). The monoisotopic (exact) mass is 382 g/mol. The average molecular weight is 382 g/mol. The second kappa shape index (κ2) is 11.0. The van der Waals surface area contributed by atoms with E-state index >= 15 is 0 Å². The van der Waals surface area contributed by atoms with E-state index in [0.29, 0.717) is 36.3 Å². The van der Waals surface area contributed by atoms with Gasteiger partial charge in [-0.3, -0.25) is 9.59 Å². The number of carbonyl (C=O) groups is 4. The Bertz CT molecular complexity index is 694. The minimum Gasteiger partial charge on any atom is -0.466 e. The van der Waals surface area contributed by atoms with Crippen LogP contribution in [-0.4, -0.2) is 55.7 Å². The van der Waals surface area contributed by atoms with E-state index in [1.807, 2.05) is 6.92 Å². The summed E-state index contributed by atoms with van der Waals surface area (Å²) < 4.78 is 14.5. The molecule has 9 nitrogen and oxygen atoms in total. The third-order valence-corrected chi connectivity index (χ3v) is 3.79. The summed E-state index contributed by atoms with van der Waals surface area (Å²) in [5.74, 6) is -2.09. The van der Waals surface area contributed by atoms with Crippen LogP contribution < -0.4 is 5.32 Å². The topological polar surface area (TPSA) is 124 Å². The predicted octanol–water partition coefficient (Wildman–Crippen LogP) is 1.29. The van der Waals surface area contributed by atoms with Crippen molar-refractivity contribution >= 4 is 23.8 Å². The largest absolute Gasteiger partial charge is 0.466 e. The van der Waals surface area contributed by atoms with Gasteiger partial charge in [0.05, 0.1) is 19.3 Å². The first-order valence-electron chi connectivity index (χ1n) is 8.74. The molecule has 9 heteroatoms. The van der Waals surface area contributed by atoms with Crippen molar-refractivity contribution in [2.24, 2.45) is 0 Å². The number of hydrogen-bond acceptors (Lipinski definition) is 7. The fraction of sp³-hybridized carbons (Fsp3) is 0.556. The van der Waals surface area contributed by atoms with Crippen molar-refractivity contribution in [1.29, 1.82) is 0 Å². The highest BCUT2D eigenvalue weighted by atomic mass is 16.5. The van der Waals surface area contributed by atoms with Crippen molar-refractivity contribution in [3.05, 3.63) is 22.5 Å². The second-order valence-corrected chi connectivity index (χ2v) is 5.66. The Hall–Kier alpha value is -2.84. The predicted molar refractivity (Wildman–Crippen MR) is 95.4 cm³/mol. The Morgan fingerprint density at radius 3 is 2.37 bits per heavy atom. The van der Waals surface area contributed by atoms with Crippen LogP contribution in [0.5, 0.6) is 0 Å². The molecule has 0 unspecified atom stereocenters. The quantitative estimate of drug-likeness (QED) is 0.355. The third kappa shape index (κ3) is 6.43. The Balaban J connectivity index is 2.53. The van der Waals surface area contributed by atoms with Gasteiger partial charge in [0.2, 0.25) is 0 Å². The fourth-order valence-corrected chi connectivity index (χ4v) is 2.45. The molecule has 2 N–H and O–H groups in total. The summed E-state index contributed by atoms with van der Waals surface area (Å²) in [6, 6.07) is 0. The molecule has 1 rings (SSSR count). The summed E-state index contributed by atoms with van der Waals surface area (Å²) in [7, 11) is 1.26. The maximum Gasteiger partial charge on any atom is 0.355 e. The van der Waals surface area contributed by atoms with Crippen molar-refractivity contribution in [3.63, 3.8) is 0 Å². The molecule has 1 aromatic heterocycles. The zero-order chi connectivity index (χ0) is 20.4. The Morgan fingerprint density at radius 2 is 1.78 bits per heavy atom. The Morgan fingerprint density at radius 1 is 1.07 bits per heavy atom. The number of amides is 1. The lowest BCUT2D eigenvalue weighted by atomic mass is 10.1. The zero-order valence-electron chi connectivity index (χ0n) is 16.1. The summed E-state index contributed by atoms with van der Waals surface area (Å²) >= 11 is 0. The van der Waals surface area contributed by atoms with Crippen molar-refractivity contribution in [3.8, 4) is 0 Å². The van der Waals surface area contributed by atoms with E-state index in [4.69, 9.17) is 14.2 Å². The number of aryl methyl sites for hydroxylation is 1. The van der Waals surface area contributed by atoms with Crippen LogP contribution in [0.1, 0.15) is 58.8 Å². The number of rotatable bonds is 10. The molecule has 27 heavy (non-hydrogen) atoms. The summed E-state index contributed by atoms with van der Waals surface area (Å²) in [6.45, 7) is 5.27. The molecule has 0 aliphatic heterocycles. The van der Waals surface area contributed by atoms with Crippen LogP contribution in [0.4, 0.5) is 0 Å². The summed E-state index contributed by atoms with van der Waals surface area (Å²) in [5, 5.41) is 2.55. The van der Waals surface area contributed by atoms with Gasteiger partial charge in [-0.15, -0.1) is 0 Å².